The van der Waals surface area contributed by atoms with E-state index in [0.29, 0.717) is 38.2 Å². The maximum atomic E-state index is 10.2. The fraction of sp³-hybridized carbons (Fsp3) is 0.522. The number of hydrogen-bond donors (Lipinski definition) is 5. The largest absolute Gasteiger partial charge is 0.494 e. The van der Waals surface area contributed by atoms with Gasteiger partial charge in [0.15, 0.2) is 6.29 Å². The second-order valence-electron chi connectivity index (χ2n) is 8.52. The number of nitrogens with zero attached hydrogens (tertiary/aromatic N) is 3. The van der Waals surface area contributed by atoms with Gasteiger partial charge in [0, 0.05) is 55.6 Å². The van der Waals surface area contributed by atoms with Crippen molar-refractivity contribution in [2.75, 3.05) is 26.7 Å². The number of likely N-dealkylation sites (N-methyl/N-ethyl adjacent to an activating group) is 1. The highest BCUT2D eigenvalue weighted by Crippen LogP contribution is 2.23. The van der Waals surface area contributed by atoms with Gasteiger partial charge in [-0.05, 0) is 38.1 Å². The Kier molecular flexibility index (Phi) is 9.10. The summed E-state index contributed by atoms with van der Waals surface area (Å²) in [6.45, 7) is 3.66. The molecule has 2 aromatic rings. The van der Waals surface area contributed by atoms with Gasteiger partial charge in [0.2, 0.25) is 0 Å². The van der Waals surface area contributed by atoms with Crippen LogP contribution in [0.5, 0.6) is 5.75 Å². The minimum atomic E-state index is -1.16. The first-order valence-corrected chi connectivity index (χ1v) is 11.2. The van der Waals surface area contributed by atoms with Crippen molar-refractivity contribution < 1.29 is 19.7 Å². The number of nitrogens with two attached hydrogens (primary N) is 2. The lowest BCUT2D eigenvalue weighted by Gasteiger charge is -2.40. The minimum Gasteiger partial charge on any atom is -0.494 e. The molecule has 3 rings (SSSR count). The molecular formula is C23H36N6O4. The number of H-pyrrole nitrogens is 1. The fourth-order valence-corrected chi connectivity index (χ4v) is 3.89. The Balaban J connectivity index is 1.34. The van der Waals surface area contributed by atoms with Crippen molar-refractivity contribution in [3.8, 4) is 16.9 Å². The van der Waals surface area contributed by atoms with Crippen molar-refractivity contribution in [3.63, 3.8) is 0 Å². The van der Waals surface area contributed by atoms with Gasteiger partial charge >= 0.3 is 0 Å². The summed E-state index contributed by atoms with van der Waals surface area (Å²) in [5.74, 6) is 6.85. The van der Waals surface area contributed by atoms with Gasteiger partial charge in [-0.2, -0.15) is 5.10 Å². The second kappa shape index (κ2) is 12.0. The quantitative estimate of drug-likeness (QED) is 0.188. The van der Waals surface area contributed by atoms with Crippen LogP contribution in [0.4, 0.5) is 0 Å². The Morgan fingerprint density at radius 3 is 2.73 bits per heavy atom. The molecular weight excluding hydrogens is 424 g/mol. The molecule has 0 bridgehead atoms. The van der Waals surface area contributed by atoms with Crippen LogP contribution in [-0.4, -0.2) is 81.6 Å². The first-order valence-electron chi connectivity index (χ1n) is 11.2. The lowest BCUT2D eigenvalue weighted by atomic mass is 9.99. The number of aliphatic hydroxyl groups is 2. The number of ether oxygens (including phenoxy) is 2. The van der Waals surface area contributed by atoms with Gasteiger partial charge in [0.1, 0.15) is 11.9 Å². The number of benzene rings is 1. The van der Waals surface area contributed by atoms with Gasteiger partial charge in [0.05, 0.1) is 18.9 Å². The fourth-order valence-electron chi connectivity index (χ4n) is 3.89. The van der Waals surface area contributed by atoms with Crippen LogP contribution in [0.3, 0.4) is 0 Å². The number of aromatic nitrogens is 2. The van der Waals surface area contributed by atoms with E-state index in [1.165, 1.54) is 0 Å². The maximum absolute atomic E-state index is 10.2. The summed E-state index contributed by atoms with van der Waals surface area (Å²) in [4.78, 5) is 2.00. The molecule has 0 radical (unpaired) electrons. The van der Waals surface area contributed by atoms with Crippen LogP contribution in [0, 0.1) is 0 Å². The van der Waals surface area contributed by atoms with Crippen LogP contribution in [0.1, 0.15) is 26.2 Å². The number of aromatic amines is 1. The Labute approximate surface area is 194 Å². The Bertz CT molecular complexity index is 860. The zero-order chi connectivity index (χ0) is 23.8. The summed E-state index contributed by atoms with van der Waals surface area (Å²) in [5, 5.41) is 28.3. The molecule has 1 aliphatic heterocycles. The minimum absolute atomic E-state index is 0.111. The topological polar surface area (TPSA) is 146 Å². The Hall–Kier alpha value is -2.63. The standard InChI is InChI=1S/C23H36N6O4/c1-16-12-21(22(30)23(31)33-16)28(2)10-8-19(24)15-29(25)9-3-11-32-20-6-4-17(5-7-20)18-13-26-27-14-18/h4-7,13-16,21-23,30-31H,3,8-12,24-25H2,1-2H3,(H,26,27)/b19-15-/t16-,21+,22-,23-/m1/s1. The van der Waals surface area contributed by atoms with E-state index in [2.05, 4.69) is 10.2 Å². The highest BCUT2D eigenvalue weighted by atomic mass is 16.6. The molecule has 0 saturated carbocycles. The van der Waals surface area contributed by atoms with Gasteiger partial charge < -0.3 is 35.3 Å². The van der Waals surface area contributed by atoms with E-state index in [1.807, 2.05) is 49.3 Å². The van der Waals surface area contributed by atoms with Gasteiger partial charge in [-0.15, -0.1) is 0 Å². The molecule has 1 saturated heterocycles. The van der Waals surface area contributed by atoms with Gasteiger partial charge in [-0.1, -0.05) is 12.1 Å². The molecule has 182 valence electrons. The third-order valence-electron chi connectivity index (χ3n) is 5.80. The first kappa shape index (κ1) is 25.0. The molecule has 0 amide bonds. The average molecular weight is 461 g/mol. The van der Waals surface area contributed by atoms with Crippen LogP contribution in [-0.2, 0) is 4.74 Å². The van der Waals surface area contributed by atoms with Gasteiger partial charge in [-0.25, -0.2) is 5.84 Å². The van der Waals surface area contributed by atoms with Gasteiger partial charge in [-0.3, -0.25) is 5.10 Å². The molecule has 1 aromatic carbocycles. The van der Waals surface area contributed by atoms with Crippen molar-refractivity contribution in [1.82, 2.24) is 20.1 Å². The van der Waals surface area contributed by atoms with Crippen LogP contribution >= 0.6 is 0 Å². The van der Waals surface area contributed by atoms with E-state index in [-0.39, 0.29) is 12.1 Å². The lowest BCUT2D eigenvalue weighted by molar-refractivity contribution is -0.231. The normalized spacial score (nSPS) is 23.6. The molecule has 0 unspecified atom stereocenters. The average Bonchev–Trinajstić information content (AvgIpc) is 3.33. The van der Waals surface area contributed by atoms with Crippen molar-refractivity contribution >= 4 is 0 Å². The highest BCUT2D eigenvalue weighted by molar-refractivity contribution is 5.62. The van der Waals surface area contributed by atoms with E-state index >= 15 is 0 Å². The van der Waals surface area contributed by atoms with E-state index in [9.17, 15) is 10.2 Å². The first-order chi connectivity index (χ1) is 15.8. The SMILES string of the molecule is C[C@@H]1C[C@H](N(C)CC/C(N)=C/N(N)CCCOc2ccc(-c3cn[nH]c3)cc2)[C@@H](O)[C@H](O)O1. The van der Waals surface area contributed by atoms with Crippen molar-refractivity contribution in [2.45, 2.75) is 50.7 Å². The number of nitrogens with one attached hydrogen (secondary N) is 1. The Morgan fingerprint density at radius 2 is 2.03 bits per heavy atom. The summed E-state index contributed by atoms with van der Waals surface area (Å²) < 4.78 is 11.0. The summed E-state index contributed by atoms with van der Waals surface area (Å²) in [6, 6.07) is 7.68. The Morgan fingerprint density at radius 1 is 1.27 bits per heavy atom. The summed E-state index contributed by atoms with van der Waals surface area (Å²) in [7, 11) is 1.91. The molecule has 1 fully saturated rings. The molecule has 33 heavy (non-hydrogen) atoms. The van der Waals surface area contributed by atoms with E-state index in [0.717, 1.165) is 23.3 Å². The summed E-state index contributed by atoms with van der Waals surface area (Å²) in [5.41, 5.74) is 8.89. The van der Waals surface area contributed by atoms with E-state index < -0.39 is 12.4 Å². The summed E-state index contributed by atoms with van der Waals surface area (Å²) in [6.07, 6.45) is 5.13. The van der Waals surface area contributed by atoms with Crippen molar-refractivity contribution in [3.05, 3.63) is 48.6 Å². The van der Waals surface area contributed by atoms with Crippen LogP contribution < -0.4 is 16.3 Å². The van der Waals surface area contributed by atoms with Crippen LogP contribution in [0.2, 0.25) is 0 Å². The predicted octanol–water partition coefficient (Wildman–Crippen LogP) is 1.00. The van der Waals surface area contributed by atoms with E-state index in [1.54, 1.807) is 17.4 Å². The zero-order valence-corrected chi connectivity index (χ0v) is 19.3. The monoisotopic (exact) mass is 460 g/mol. The predicted molar refractivity (Wildman–Crippen MR) is 126 cm³/mol. The van der Waals surface area contributed by atoms with Crippen LogP contribution in [0.15, 0.2) is 48.6 Å². The molecule has 4 atom stereocenters. The number of rotatable bonds is 11. The molecule has 7 N–H and O–H groups in total. The molecule has 10 nitrogen and oxygen atoms in total. The molecule has 0 aliphatic carbocycles. The number of aliphatic hydroxyl groups excluding tert-OH is 2. The second-order valence-corrected chi connectivity index (χ2v) is 8.52. The van der Waals surface area contributed by atoms with Gasteiger partial charge in [0.25, 0.3) is 0 Å². The lowest BCUT2D eigenvalue weighted by Crippen LogP contribution is -2.54. The van der Waals surface area contributed by atoms with Crippen molar-refractivity contribution in [1.29, 1.82) is 0 Å². The van der Waals surface area contributed by atoms with E-state index in [4.69, 9.17) is 21.1 Å². The number of hydrazine groups is 1. The third kappa shape index (κ3) is 7.44. The molecule has 2 heterocycles. The number of hydrogen-bond acceptors (Lipinski definition) is 9. The molecule has 10 heteroatoms. The molecule has 1 aromatic heterocycles. The maximum Gasteiger partial charge on any atom is 0.182 e. The smallest absolute Gasteiger partial charge is 0.182 e. The molecule has 0 spiro atoms. The van der Waals surface area contributed by atoms with Crippen molar-refractivity contribution in [2.24, 2.45) is 11.6 Å². The zero-order valence-electron chi connectivity index (χ0n) is 19.3. The highest BCUT2D eigenvalue weighted by Gasteiger charge is 2.36. The summed E-state index contributed by atoms with van der Waals surface area (Å²) >= 11 is 0. The third-order valence-corrected chi connectivity index (χ3v) is 5.80. The van der Waals surface area contributed by atoms with Crippen LogP contribution in [0.25, 0.3) is 11.1 Å². The molecule has 1 aliphatic rings.